The van der Waals surface area contributed by atoms with Gasteiger partial charge in [-0.25, -0.2) is 9.18 Å². The molecule has 2 heterocycles. The van der Waals surface area contributed by atoms with Gasteiger partial charge in [0, 0.05) is 35.6 Å². The smallest absolute Gasteiger partial charge is 0.337 e. The van der Waals surface area contributed by atoms with Crippen molar-refractivity contribution in [1.29, 1.82) is 0 Å². The zero-order valence-electron chi connectivity index (χ0n) is 21.7. The number of rotatable bonds is 7. The molecule has 0 aliphatic carbocycles. The van der Waals surface area contributed by atoms with Crippen LogP contribution in [0.4, 0.5) is 10.1 Å². The van der Waals surface area contributed by atoms with Gasteiger partial charge in [0.2, 0.25) is 5.91 Å². The Hall–Kier alpha value is -4.39. The van der Waals surface area contributed by atoms with Gasteiger partial charge in [0.25, 0.3) is 0 Å². The number of ether oxygens (including phenoxy) is 2. The fourth-order valence-electron chi connectivity index (χ4n) is 4.84. The van der Waals surface area contributed by atoms with Crippen molar-refractivity contribution in [2.45, 2.75) is 33.3 Å². The molecule has 1 amide bonds. The molecule has 38 heavy (non-hydrogen) atoms. The summed E-state index contributed by atoms with van der Waals surface area (Å²) in [5.74, 6) is -0.0387. The van der Waals surface area contributed by atoms with Crippen molar-refractivity contribution in [1.82, 2.24) is 4.57 Å². The zero-order valence-corrected chi connectivity index (χ0v) is 21.7. The lowest BCUT2D eigenvalue weighted by Crippen LogP contribution is -2.24. The van der Waals surface area contributed by atoms with Crippen LogP contribution in [-0.4, -0.2) is 30.1 Å². The van der Waals surface area contributed by atoms with Gasteiger partial charge in [-0.2, -0.15) is 0 Å². The van der Waals surface area contributed by atoms with E-state index in [1.165, 1.54) is 19.2 Å². The number of esters is 1. The molecule has 0 N–H and O–H groups in total. The van der Waals surface area contributed by atoms with Crippen LogP contribution >= 0.6 is 0 Å². The minimum absolute atomic E-state index is 0.0394. The van der Waals surface area contributed by atoms with E-state index in [-0.39, 0.29) is 18.3 Å². The number of nitrogens with zero attached hydrogens (tertiary/aromatic N) is 2. The van der Waals surface area contributed by atoms with E-state index in [0.717, 1.165) is 40.2 Å². The molecule has 3 aromatic carbocycles. The number of benzene rings is 3. The van der Waals surface area contributed by atoms with Crippen LogP contribution in [0.3, 0.4) is 0 Å². The van der Waals surface area contributed by atoms with Gasteiger partial charge in [0.15, 0.2) is 0 Å². The molecule has 0 radical (unpaired) electrons. The predicted molar refractivity (Wildman–Crippen MR) is 144 cm³/mol. The average Bonchev–Trinajstić information content (AvgIpc) is 3.53. The maximum atomic E-state index is 13.3. The van der Waals surface area contributed by atoms with Crippen LogP contribution in [0.1, 0.15) is 40.0 Å². The van der Waals surface area contributed by atoms with E-state index >= 15 is 0 Å². The van der Waals surface area contributed by atoms with Crippen molar-refractivity contribution in [2.24, 2.45) is 0 Å². The quantitative estimate of drug-likeness (QED) is 0.269. The number of amides is 1. The van der Waals surface area contributed by atoms with E-state index in [9.17, 15) is 14.0 Å². The summed E-state index contributed by atoms with van der Waals surface area (Å²) in [7, 11) is 1.35. The van der Waals surface area contributed by atoms with Gasteiger partial charge in [-0.05, 0) is 80.4 Å². The largest absolute Gasteiger partial charge is 0.488 e. The first-order valence-electron chi connectivity index (χ1n) is 12.5. The maximum Gasteiger partial charge on any atom is 0.337 e. The number of aromatic nitrogens is 1. The Morgan fingerprint density at radius 3 is 2.42 bits per heavy atom. The second kappa shape index (κ2) is 10.5. The molecule has 5 rings (SSSR count). The van der Waals surface area contributed by atoms with Crippen molar-refractivity contribution in [3.05, 3.63) is 101 Å². The van der Waals surface area contributed by atoms with Gasteiger partial charge in [-0.15, -0.1) is 0 Å². The second-order valence-corrected chi connectivity index (χ2v) is 9.49. The minimum Gasteiger partial charge on any atom is -0.488 e. The lowest BCUT2D eigenvalue weighted by Gasteiger charge is -2.21. The molecule has 0 bridgehead atoms. The SMILES string of the molecule is COC(=O)c1cc(N2CCCC2=O)cc(-n2c(C)ccc2-c2cc(C)ccc2OCc2ccc(F)cc2)c1. The Kier molecular flexibility index (Phi) is 7.01. The topological polar surface area (TPSA) is 60.8 Å². The summed E-state index contributed by atoms with van der Waals surface area (Å²) < 4.78 is 26.6. The Labute approximate surface area is 221 Å². The van der Waals surface area contributed by atoms with E-state index in [0.29, 0.717) is 30.0 Å². The molecule has 7 heteroatoms. The molecule has 1 aliphatic rings. The Bertz CT molecular complexity index is 1510. The molecule has 4 aromatic rings. The average molecular weight is 513 g/mol. The number of carbonyl (C=O) groups is 2. The monoisotopic (exact) mass is 512 g/mol. The molecule has 0 atom stereocenters. The molecule has 1 saturated heterocycles. The Morgan fingerprint density at radius 2 is 1.71 bits per heavy atom. The summed E-state index contributed by atoms with van der Waals surface area (Å²) in [6.07, 6.45) is 1.27. The first-order chi connectivity index (χ1) is 18.3. The third-order valence-electron chi connectivity index (χ3n) is 6.76. The summed E-state index contributed by atoms with van der Waals surface area (Å²) in [5.41, 5.74) is 6.40. The zero-order chi connectivity index (χ0) is 26.8. The maximum absolute atomic E-state index is 13.3. The van der Waals surface area contributed by atoms with Crippen LogP contribution in [0.5, 0.6) is 5.75 Å². The van der Waals surface area contributed by atoms with E-state index in [2.05, 4.69) is 10.6 Å². The number of hydrogen-bond acceptors (Lipinski definition) is 4. The Balaban J connectivity index is 1.59. The van der Waals surface area contributed by atoms with Crippen molar-refractivity contribution in [3.8, 4) is 22.7 Å². The molecule has 0 saturated carbocycles. The van der Waals surface area contributed by atoms with E-state index in [1.54, 1.807) is 29.2 Å². The summed E-state index contributed by atoms with van der Waals surface area (Å²) in [6, 6.07) is 21.7. The van der Waals surface area contributed by atoms with Crippen LogP contribution in [0.25, 0.3) is 16.9 Å². The molecule has 1 aromatic heterocycles. The van der Waals surface area contributed by atoms with E-state index in [1.807, 2.05) is 44.2 Å². The second-order valence-electron chi connectivity index (χ2n) is 9.49. The summed E-state index contributed by atoms with van der Waals surface area (Å²) >= 11 is 0. The number of anilines is 1. The summed E-state index contributed by atoms with van der Waals surface area (Å²) in [6.45, 7) is 4.90. The van der Waals surface area contributed by atoms with Gasteiger partial charge >= 0.3 is 5.97 Å². The molecule has 6 nitrogen and oxygen atoms in total. The van der Waals surface area contributed by atoms with Gasteiger partial charge < -0.3 is 18.9 Å². The van der Waals surface area contributed by atoms with E-state index in [4.69, 9.17) is 9.47 Å². The number of methoxy groups -OCH3 is 1. The van der Waals surface area contributed by atoms with Crippen molar-refractivity contribution in [2.75, 3.05) is 18.6 Å². The molecule has 0 spiro atoms. The van der Waals surface area contributed by atoms with Crippen molar-refractivity contribution >= 4 is 17.6 Å². The fraction of sp³-hybridized carbons (Fsp3) is 0.226. The van der Waals surface area contributed by atoms with Crippen molar-refractivity contribution < 1.29 is 23.5 Å². The fourth-order valence-corrected chi connectivity index (χ4v) is 4.84. The van der Waals surface area contributed by atoms with Gasteiger partial charge in [0.05, 0.1) is 18.4 Å². The molecule has 0 unspecified atom stereocenters. The lowest BCUT2D eigenvalue weighted by molar-refractivity contribution is -0.117. The summed E-state index contributed by atoms with van der Waals surface area (Å²) in [4.78, 5) is 26.8. The predicted octanol–water partition coefficient (Wildman–Crippen LogP) is 6.39. The molecular formula is C31H29FN2O4. The highest BCUT2D eigenvalue weighted by Gasteiger charge is 2.24. The number of aryl methyl sites for hydroxylation is 2. The molecular weight excluding hydrogens is 483 g/mol. The standard InChI is InChI=1S/C31H29FN2O4/c1-20-6-13-29(38-19-22-8-10-24(32)11-9-22)27(15-20)28-12-7-21(2)34(28)26-17-23(31(36)37-3)16-25(18-26)33-14-4-5-30(33)35/h6-13,15-18H,4-5,14,19H2,1-3H3. The third-order valence-corrected chi connectivity index (χ3v) is 6.76. The van der Waals surface area contributed by atoms with Crippen LogP contribution < -0.4 is 9.64 Å². The van der Waals surface area contributed by atoms with Crippen LogP contribution in [0.15, 0.2) is 72.8 Å². The van der Waals surface area contributed by atoms with Crippen LogP contribution in [-0.2, 0) is 16.1 Å². The highest BCUT2D eigenvalue weighted by Crippen LogP contribution is 2.36. The normalized spacial score (nSPS) is 13.2. The number of hydrogen-bond donors (Lipinski definition) is 0. The summed E-state index contributed by atoms with van der Waals surface area (Å²) in [5, 5.41) is 0. The highest BCUT2D eigenvalue weighted by molar-refractivity contribution is 5.98. The Morgan fingerprint density at radius 1 is 0.947 bits per heavy atom. The first kappa shape index (κ1) is 25.3. The minimum atomic E-state index is -0.468. The first-order valence-corrected chi connectivity index (χ1v) is 12.5. The van der Waals surface area contributed by atoms with Crippen molar-refractivity contribution in [3.63, 3.8) is 0 Å². The molecule has 194 valence electrons. The molecule has 1 aliphatic heterocycles. The van der Waals surface area contributed by atoms with Crippen LogP contribution in [0, 0.1) is 19.7 Å². The van der Waals surface area contributed by atoms with Gasteiger partial charge in [-0.1, -0.05) is 23.8 Å². The van der Waals surface area contributed by atoms with Gasteiger partial charge in [-0.3, -0.25) is 4.79 Å². The number of halogens is 1. The highest BCUT2D eigenvalue weighted by atomic mass is 19.1. The molecule has 1 fully saturated rings. The van der Waals surface area contributed by atoms with E-state index < -0.39 is 5.97 Å². The lowest BCUT2D eigenvalue weighted by atomic mass is 10.1. The van der Waals surface area contributed by atoms with Crippen LogP contribution in [0.2, 0.25) is 0 Å². The third kappa shape index (κ3) is 5.05. The number of carbonyl (C=O) groups excluding carboxylic acids is 2. The van der Waals surface area contributed by atoms with Gasteiger partial charge in [0.1, 0.15) is 18.2 Å².